The molecular formula is C17H22N2O2. The maximum atomic E-state index is 12.7. The Labute approximate surface area is 125 Å². The lowest BCUT2D eigenvalue weighted by atomic mass is 9.91. The van der Waals surface area contributed by atoms with Crippen LogP contribution in [0.4, 0.5) is 0 Å². The summed E-state index contributed by atoms with van der Waals surface area (Å²) in [6.07, 6.45) is 2.62. The molecule has 2 N–H and O–H groups in total. The van der Waals surface area contributed by atoms with E-state index in [0.29, 0.717) is 17.9 Å². The molecule has 4 heteroatoms. The van der Waals surface area contributed by atoms with Crippen LogP contribution in [0.3, 0.4) is 0 Å². The van der Waals surface area contributed by atoms with Crippen LogP contribution >= 0.6 is 0 Å². The van der Waals surface area contributed by atoms with Crippen molar-refractivity contribution in [3.05, 3.63) is 35.4 Å². The van der Waals surface area contributed by atoms with Gasteiger partial charge in [0.1, 0.15) is 5.60 Å². The number of methoxy groups -OCH3 is 1. The number of piperidine rings is 1. The molecule has 112 valence electrons. The number of carbonyl (C=O) groups excluding carboxylic acids is 1. The zero-order valence-electron chi connectivity index (χ0n) is 12.4. The number of ether oxygens (including phenoxy) is 1. The summed E-state index contributed by atoms with van der Waals surface area (Å²) in [6.45, 7) is 1.70. The Bertz CT molecular complexity index is 566. The average Bonchev–Trinajstić information content (AvgIpc) is 3.05. The average molecular weight is 286 g/mol. The van der Waals surface area contributed by atoms with Gasteiger partial charge in [0, 0.05) is 19.1 Å². The number of carbonyl (C=O) groups is 1. The van der Waals surface area contributed by atoms with E-state index in [4.69, 9.17) is 4.74 Å². The van der Waals surface area contributed by atoms with Crippen molar-refractivity contribution in [2.45, 2.75) is 36.8 Å². The maximum absolute atomic E-state index is 12.7. The first-order valence-corrected chi connectivity index (χ1v) is 7.90. The van der Waals surface area contributed by atoms with Crippen LogP contribution < -0.4 is 10.6 Å². The molecule has 1 saturated heterocycles. The van der Waals surface area contributed by atoms with Gasteiger partial charge in [-0.15, -0.1) is 0 Å². The lowest BCUT2D eigenvalue weighted by molar-refractivity contribution is -0.147. The van der Waals surface area contributed by atoms with Gasteiger partial charge in [0.15, 0.2) is 0 Å². The third-order valence-corrected chi connectivity index (χ3v) is 5.55. The molecule has 4 nitrogen and oxygen atoms in total. The van der Waals surface area contributed by atoms with Crippen LogP contribution in [0.2, 0.25) is 0 Å². The van der Waals surface area contributed by atoms with E-state index >= 15 is 0 Å². The van der Waals surface area contributed by atoms with E-state index in [0.717, 1.165) is 32.4 Å². The van der Waals surface area contributed by atoms with Gasteiger partial charge in [0.05, 0.1) is 0 Å². The zero-order chi connectivity index (χ0) is 14.4. The van der Waals surface area contributed by atoms with Crippen LogP contribution in [0.15, 0.2) is 24.3 Å². The number of fused-ring (bicyclic) bond motifs is 3. The monoisotopic (exact) mass is 286 g/mol. The van der Waals surface area contributed by atoms with Crippen LogP contribution in [0, 0.1) is 5.92 Å². The van der Waals surface area contributed by atoms with Gasteiger partial charge in [-0.2, -0.15) is 0 Å². The topological polar surface area (TPSA) is 50.4 Å². The highest BCUT2D eigenvalue weighted by atomic mass is 16.5. The van der Waals surface area contributed by atoms with E-state index in [2.05, 4.69) is 34.9 Å². The second kappa shape index (κ2) is 4.82. The Kier molecular flexibility index (Phi) is 3.05. The number of amides is 1. The Hall–Kier alpha value is -1.39. The summed E-state index contributed by atoms with van der Waals surface area (Å²) in [6, 6.07) is 8.94. The van der Waals surface area contributed by atoms with Crippen molar-refractivity contribution < 1.29 is 9.53 Å². The molecule has 1 amide bonds. The van der Waals surface area contributed by atoms with Crippen LogP contribution in [0.1, 0.15) is 29.9 Å². The third kappa shape index (κ3) is 2.00. The van der Waals surface area contributed by atoms with Gasteiger partial charge in [-0.25, -0.2) is 0 Å². The minimum atomic E-state index is -0.623. The highest BCUT2D eigenvalue weighted by molar-refractivity contribution is 5.86. The van der Waals surface area contributed by atoms with Gasteiger partial charge in [-0.3, -0.25) is 4.79 Å². The fourth-order valence-electron chi connectivity index (χ4n) is 4.19. The largest absolute Gasteiger partial charge is 0.368 e. The standard InChI is InChI=1S/C17H22N2O2/c1-21-17(6-8-18-9-7-17)16(20)19-15-13-10-11-4-2-3-5-12(11)14(13)15/h2-5,13-15,18H,6-10H2,1H3,(H,19,20). The summed E-state index contributed by atoms with van der Waals surface area (Å²) in [5.74, 6) is 1.21. The molecule has 3 aliphatic rings. The van der Waals surface area contributed by atoms with E-state index in [1.807, 2.05) is 0 Å². The van der Waals surface area contributed by atoms with Crippen molar-refractivity contribution in [2.75, 3.05) is 20.2 Å². The zero-order valence-corrected chi connectivity index (χ0v) is 12.4. The molecule has 1 saturated carbocycles. The number of benzene rings is 1. The van der Waals surface area contributed by atoms with Crippen molar-refractivity contribution in [1.29, 1.82) is 0 Å². The van der Waals surface area contributed by atoms with Crippen LogP contribution in [0.25, 0.3) is 0 Å². The minimum absolute atomic E-state index is 0.0865. The smallest absolute Gasteiger partial charge is 0.252 e. The lowest BCUT2D eigenvalue weighted by Gasteiger charge is -2.35. The summed E-state index contributed by atoms with van der Waals surface area (Å²) >= 11 is 0. The predicted octanol–water partition coefficient (Wildman–Crippen LogP) is 1.21. The SMILES string of the molecule is COC1(C(=O)NC2C3Cc4ccccc4C32)CCNCC1. The van der Waals surface area contributed by atoms with Gasteiger partial charge >= 0.3 is 0 Å². The molecule has 0 bridgehead atoms. The van der Waals surface area contributed by atoms with Crippen molar-refractivity contribution >= 4 is 5.91 Å². The summed E-state index contributed by atoms with van der Waals surface area (Å²) in [5, 5.41) is 6.56. The van der Waals surface area contributed by atoms with Gasteiger partial charge in [0.25, 0.3) is 5.91 Å². The summed E-state index contributed by atoms with van der Waals surface area (Å²) in [7, 11) is 1.66. The van der Waals surface area contributed by atoms with Gasteiger partial charge in [0.2, 0.25) is 0 Å². The molecule has 2 fully saturated rings. The second-order valence-corrected chi connectivity index (χ2v) is 6.54. The van der Waals surface area contributed by atoms with Gasteiger partial charge in [-0.1, -0.05) is 24.3 Å². The number of hydrogen-bond donors (Lipinski definition) is 2. The fraction of sp³-hybridized carbons (Fsp3) is 0.588. The summed E-state index contributed by atoms with van der Waals surface area (Å²) in [5.41, 5.74) is 2.27. The van der Waals surface area contributed by atoms with E-state index in [1.165, 1.54) is 11.1 Å². The number of nitrogens with one attached hydrogen (secondary N) is 2. The van der Waals surface area contributed by atoms with Crippen LogP contribution in [-0.4, -0.2) is 37.7 Å². The molecule has 1 heterocycles. The Balaban J connectivity index is 1.46. The van der Waals surface area contributed by atoms with E-state index in [-0.39, 0.29) is 5.91 Å². The molecule has 1 aromatic rings. The number of hydrogen-bond acceptors (Lipinski definition) is 3. The quantitative estimate of drug-likeness (QED) is 0.878. The highest BCUT2D eigenvalue weighted by Gasteiger charge is 2.57. The molecule has 0 aromatic heterocycles. The molecule has 1 aliphatic heterocycles. The lowest BCUT2D eigenvalue weighted by Crippen LogP contribution is -2.55. The fourth-order valence-corrected chi connectivity index (χ4v) is 4.19. The van der Waals surface area contributed by atoms with Gasteiger partial charge < -0.3 is 15.4 Å². The first kappa shape index (κ1) is 13.3. The van der Waals surface area contributed by atoms with E-state index in [1.54, 1.807) is 7.11 Å². The Morgan fingerprint density at radius 2 is 2.10 bits per heavy atom. The molecule has 1 aromatic carbocycles. The molecule has 2 aliphatic carbocycles. The van der Waals surface area contributed by atoms with Gasteiger partial charge in [-0.05, 0) is 49.4 Å². The maximum Gasteiger partial charge on any atom is 0.252 e. The normalized spacial score (nSPS) is 32.1. The van der Waals surface area contributed by atoms with Crippen molar-refractivity contribution in [3.63, 3.8) is 0 Å². The molecule has 3 atom stereocenters. The predicted molar refractivity (Wildman–Crippen MR) is 80.2 cm³/mol. The molecule has 4 rings (SSSR count). The van der Waals surface area contributed by atoms with Crippen molar-refractivity contribution in [3.8, 4) is 0 Å². The first-order valence-electron chi connectivity index (χ1n) is 7.90. The third-order valence-electron chi connectivity index (χ3n) is 5.55. The van der Waals surface area contributed by atoms with E-state index in [9.17, 15) is 4.79 Å². The molecule has 3 unspecified atom stereocenters. The Morgan fingerprint density at radius 3 is 2.86 bits per heavy atom. The summed E-state index contributed by atoms with van der Waals surface area (Å²) in [4.78, 5) is 12.7. The Morgan fingerprint density at radius 1 is 1.33 bits per heavy atom. The van der Waals surface area contributed by atoms with Crippen LogP contribution in [0.5, 0.6) is 0 Å². The van der Waals surface area contributed by atoms with E-state index < -0.39 is 5.60 Å². The summed E-state index contributed by atoms with van der Waals surface area (Å²) < 4.78 is 5.61. The minimum Gasteiger partial charge on any atom is -0.368 e. The highest BCUT2D eigenvalue weighted by Crippen LogP contribution is 2.56. The second-order valence-electron chi connectivity index (χ2n) is 6.54. The molecule has 0 radical (unpaired) electrons. The molecule has 21 heavy (non-hydrogen) atoms. The van der Waals surface area contributed by atoms with Crippen LogP contribution in [-0.2, 0) is 16.0 Å². The van der Waals surface area contributed by atoms with Crippen molar-refractivity contribution in [2.24, 2.45) is 5.92 Å². The molecular weight excluding hydrogens is 264 g/mol. The first-order chi connectivity index (χ1) is 10.2. The number of rotatable bonds is 3. The molecule has 0 spiro atoms. The van der Waals surface area contributed by atoms with Crippen molar-refractivity contribution in [1.82, 2.24) is 10.6 Å².